The number of hydrogen-bond donors (Lipinski definition) is 0. The number of anilines is 1. The third-order valence-corrected chi connectivity index (χ3v) is 8.80. The normalized spacial score (nSPS) is 15.1. The second-order valence-corrected chi connectivity index (χ2v) is 12.0. The fourth-order valence-corrected chi connectivity index (χ4v) is 6.44. The molecule has 0 atom stereocenters. The van der Waals surface area contributed by atoms with Gasteiger partial charge in [0.15, 0.2) is 5.17 Å². The van der Waals surface area contributed by atoms with E-state index in [-0.39, 0.29) is 5.91 Å². The fourth-order valence-electron chi connectivity index (χ4n) is 5.46. The highest BCUT2D eigenvalue weighted by Crippen LogP contribution is 2.40. The van der Waals surface area contributed by atoms with Crippen molar-refractivity contribution in [1.82, 2.24) is 0 Å². The van der Waals surface area contributed by atoms with E-state index in [1.165, 1.54) is 22.5 Å². The number of rotatable bonds is 6. The van der Waals surface area contributed by atoms with E-state index in [1.807, 2.05) is 92.7 Å². The van der Waals surface area contributed by atoms with Crippen LogP contribution in [0.25, 0.3) is 27.6 Å². The van der Waals surface area contributed by atoms with Crippen molar-refractivity contribution < 1.29 is 9.53 Å². The molecule has 7 rings (SSSR count). The van der Waals surface area contributed by atoms with E-state index in [0.29, 0.717) is 16.7 Å². The molecule has 0 radical (unpaired) electrons. The second-order valence-electron chi connectivity index (χ2n) is 10.9. The monoisotopic (exact) mass is 590 g/mol. The first-order valence-electron chi connectivity index (χ1n) is 14.6. The Morgan fingerprint density at radius 1 is 0.705 bits per heavy atom. The molecule has 4 nitrogen and oxygen atoms in total. The molecular weight excluding hydrogens is 561 g/mol. The minimum absolute atomic E-state index is 0.113. The van der Waals surface area contributed by atoms with Gasteiger partial charge < -0.3 is 4.74 Å². The van der Waals surface area contributed by atoms with Crippen molar-refractivity contribution in [3.05, 3.63) is 155 Å². The zero-order valence-corrected chi connectivity index (χ0v) is 25.3. The molecule has 214 valence electrons. The maximum Gasteiger partial charge on any atom is 0.271 e. The average Bonchev–Trinajstić information content (AvgIpc) is 3.35. The third-order valence-electron chi connectivity index (χ3n) is 7.83. The lowest BCUT2D eigenvalue weighted by molar-refractivity contribution is -0.113. The molecule has 0 aromatic heterocycles. The fraction of sp³-hybridized carbons (Fsp3) is 0.0769. The number of fused-ring (bicyclic) bond motifs is 2. The first-order chi connectivity index (χ1) is 21.5. The van der Waals surface area contributed by atoms with Gasteiger partial charge in [-0.15, -0.1) is 0 Å². The molecule has 0 unspecified atom stereocenters. The lowest BCUT2D eigenvalue weighted by atomic mass is 10.0. The molecule has 5 heteroatoms. The van der Waals surface area contributed by atoms with Crippen molar-refractivity contribution in [1.29, 1.82) is 0 Å². The Kier molecular flexibility index (Phi) is 7.47. The molecule has 1 saturated heterocycles. The zero-order chi connectivity index (χ0) is 30.0. The number of carbonyl (C=O) groups is 1. The van der Waals surface area contributed by atoms with Crippen molar-refractivity contribution in [2.75, 3.05) is 4.90 Å². The number of amidine groups is 1. The summed E-state index contributed by atoms with van der Waals surface area (Å²) >= 11 is 1.39. The topological polar surface area (TPSA) is 41.9 Å². The van der Waals surface area contributed by atoms with Gasteiger partial charge >= 0.3 is 0 Å². The van der Waals surface area contributed by atoms with Crippen molar-refractivity contribution in [2.24, 2.45) is 4.99 Å². The molecule has 1 aliphatic rings. The summed E-state index contributed by atoms with van der Waals surface area (Å²) in [5.41, 5.74) is 5.86. The molecule has 6 aromatic rings. The maximum absolute atomic E-state index is 14.1. The molecular formula is C39H30N2O2S. The van der Waals surface area contributed by atoms with Gasteiger partial charge in [-0.05, 0) is 89.1 Å². The average molecular weight is 591 g/mol. The number of hydrogen-bond acceptors (Lipinski definition) is 4. The molecule has 1 amide bonds. The second kappa shape index (κ2) is 11.9. The van der Waals surface area contributed by atoms with Crippen LogP contribution in [0.3, 0.4) is 0 Å². The van der Waals surface area contributed by atoms with E-state index < -0.39 is 0 Å². The molecule has 6 aromatic carbocycles. The maximum atomic E-state index is 14.1. The van der Waals surface area contributed by atoms with Gasteiger partial charge in [-0.3, -0.25) is 9.69 Å². The van der Waals surface area contributed by atoms with E-state index in [1.54, 1.807) is 4.90 Å². The van der Waals surface area contributed by atoms with Crippen molar-refractivity contribution >= 4 is 61.8 Å². The Labute approximate surface area is 261 Å². The highest BCUT2D eigenvalue weighted by atomic mass is 32.2. The van der Waals surface area contributed by atoms with Gasteiger partial charge in [0, 0.05) is 5.56 Å². The van der Waals surface area contributed by atoms with Crippen LogP contribution in [0.1, 0.15) is 22.3 Å². The summed E-state index contributed by atoms with van der Waals surface area (Å²) in [7, 11) is 0. The van der Waals surface area contributed by atoms with Crippen LogP contribution >= 0.6 is 11.8 Å². The highest BCUT2D eigenvalue weighted by molar-refractivity contribution is 8.19. The summed E-state index contributed by atoms with van der Waals surface area (Å²) in [6, 6.07) is 42.9. The molecule has 1 fully saturated rings. The van der Waals surface area contributed by atoms with Crippen LogP contribution in [0, 0.1) is 13.8 Å². The predicted molar refractivity (Wildman–Crippen MR) is 185 cm³/mol. The van der Waals surface area contributed by atoms with Crippen molar-refractivity contribution in [3.8, 4) is 5.75 Å². The Morgan fingerprint density at radius 2 is 1.34 bits per heavy atom. The van der Waals surface area contributed by atoms with Gasteiger partial charge in [0.05, 0.1) is 16.3 Å². The van der Waals surface area contributed by atoms with Crippen molar-refractivity contribution in [3.63, 3.8) is 0 Å². The van der Waals surface area contributed by atoms with Gasteiger partial charge in [-0.1, -0.05) is 108 Å². The SMILES string of the molecule is Cc1ccc(N=C2S/C(=C\c3c(OCc4cccc5ccccc45)ccc4ccccc34)C(=O)N2c2ccc(C)cc2)cc1. The quantitative estimate of drug-likeness (QED) is 0.181. The van der Waals surface area contributed by atoms with E-state index >= 15 is 0 Å². The summed E-state index contributed by atoms with van der Waals surface area (Å²) < 4.78 is 6.53. The van der Waals surface area contributed by atoms with Crippen LogP contribution in [-0.2, 0) is 11.4 Å². The van der Waals surface area contributed by atoms with Gasteiger partial charge in [-0.25, -0.2) is 4.99 Å². The van der Waals surface area contributed by atoms with Crippen LogP contribution in [0.5, 0.6) is 5.75 Å². The molecule has 44 heavy (non-hydrogen) atoms. The summed E-state index contributed by atoms with van der Waals surface area (Å²) in [5, 5.41) is 5.07. The highest BCUT2D eigenvalue weighted by Gasteiger charge is 2.35. The Bertz CT molecular complexity index is 2070. The number of amides is 1. The standard InChI is InChI=1S/C39H30N2O2S/c1-26-14-19-31(20-15-26)40-39-41(32-21-16-27(2)17-22-32)38(42)37(44-39)24-35-34-13-6-4-9-29(34)18-23-36(35)43-25-30-11-7-10-28-8-3-5-12-33(28)30/h3-24H,25H2,1-2H3/b37-24-,40-39?. The molecule has 1 aliphatic heterocycles. The van der Waals surface area contributed by atoms with Gasteiger partial charge in [-0.2, -0.15) is 0 Å². The number of aliphatic imine (C=N–C) groups is 1. The number of ether oxygens (including phenoxy) is 1. The summed E-state index contributed by atoms with van der Waals surface area (Å²) in [6.45, 7) is 4.50. The smallest absolute Gasteiger partial charge is 0.271 e. The van der Waals surface area contributed by atoms with Gasteiger partial charge in [0.25, 0.3) is 5.91 Å². The van der Waals surface area contributed by atoms with E-state index in [2.05, 4.69) is 54.6 Å². The molecule has 0 saturated carbocycles. The van der Waals surface area contributed by atoms with Gasteiger partial charge in [0.1, 0.15) is 12.4 Å². The molecule has 0 spiro atoms. The number of carbonyl (C=O) groups excluding carboxylic acids is 1. The number of nitrogens with zero attached hydrogens (tertiary/aromatic N) is 2. The number of benzene rings is 6. The third kappa shape index (κ3) is 5.50. The molecule has 0 N–H and O–H groups in total. The summed E-state index contributed by atoms with van der Waals surface area (Å²) in [6.07, 6.45) is 1.96. The lowest BCUT2D eigenvalue weighted by Crippen LogP contribution is -2.28. The van der Waals surface area contributed by atoms with Crippen LogP contribution in [-0.4, -0.2) is 11.1 Å². The number of aryl methyl sites for hydroxylation is 2. The number of thioether (sulfide) groups is 1. The Balaban J connectivity index is 1.31. The van der Waals surface area contributed by atoms with Crippen LogP contribution in [0.4, 0.5) is 11.4 Å². The Morgan fingerprint density at radius 3 is 2.09 bits per heavy atom. The first kappa shape index (κ1) is 27.7. The van der Waals surface area contributed by atoms with Crippen LogP contribution in [0.2, 0.25) is 0 Å². The molecule has 0 aliphatic carbocycles. The van der Waals surface area contributed by atoms with E-state index in [9.17, 15) is 4.79 Å². The molecule has 0 bridgehead atoms. The summed E-state index contributed by atoms with van der Waals surface area (Å²) in [4.78, 5) is 21.4. The van der Waals surface area contributed by atoms with E-state index in [4.69, 9.17) is 9.73 Å². The Hall–Kier alpha value is -5.13. The largest absolute Gasteiger partial charge is 0.488 e. The van der Waals surface area contributed by atoms with Crippen molar-refractivity contribution in [2.45, 2.75) is 20.5 Å². The summed E-state index contributed by atoms with van der Waals surface area (Å²) in [5.74, 6) is 0.612. The minimum Gasteiger partial charge on any atom is -0.488 e. The van der Waals surface area contributed by atoms with Crippen LogP contribution < -0.4 is 9.64 Å². The van der Waals surface area contributed by atoms with E-state index in [0.717, 1.165) is 50.2 Å². The lowest BCUT2D eigenvalue weighted by Gasteiger charge is -2.16. The minimum atomic E-state index is -0.113. The molecule has 1 heterocycles. The van der Waals surface area contributed by atoms with Crippen LogP contribution in [0.15, 0.2) is 137 Å². The van der Waals surface area contributed by atoms with Gasteiger partial charge in [0.2, 0.25) is 0 Å². The first-order valence-corrected chi connectivity index (χ1v) is 15.4. The zero-order valence-electron chi connectivity index (χ0n) is 24.5. The predicted octanol–water partition coefficient (Wildman–Crippen LogP) is 10.00.